The van der Waals surface area contributed by atoms with E-state index in [0.717, 1.165) is 4.68 Å². The van der Waals surface area contributed by atoms with E-state index in [9.17, 15) is 8.78 Å². The van der Waals surface area contributed by atoms with Crippen molar-refractivity contribution in [3.63, 3.8) is 0 Å². The molecule has 0 amide bonds. The minimum Gasteiger partial charge on any atom is -0.398 e. The molecule has 0 aliphatic heterocycles. The zero-order valence-electron chi connectivity index (χ0n) is 8.52. The molecule has 5 nitrogen and oxygen atoms in total. The molecule has 2 N–H and O–H groups in total. The summed E-state index contributed by atoms with van der Waals surface area (Å²) < 4.78 is 25.6. The Hall–Kier alpha value is -1.76. The first-order valence-corrected chi connectivity index (χ1v) is 5.05. The van der Waals surface area contributed by atoms with Crippen LogP contribution in [0, 0.1) is 0 Å². The quantitative estimate of drug-likeness (QED) is 0.854. The molecule has 1 aromatic carbocycles. The maximum absolute atomic E-state index is 12.3. The van der Waals surface area contributed by atoms with Gasteiger partial charge in [0, 0.05) is 16.3 Å². The van der Waals surface area contributed by atoms with Crippen LogP contribution in [0.2, 0.25) is 5.02 Å². The molecule has 90 valence electrons. The highest BCUT2D eigenvalue weighted by atomic mass is 35.5. The molecule has 0 unspecified atom stereocenters. The van der Waals surface area contributed by atoms with Crippen LogP contribution in [0.3, 0.4) is 0 Å². The van der Waals surface area contributed by atoms with Gasteiger partial charge < -0.3 is 5.73 Å². The molecule has 0 radical (unpaired) electrons. The van der Waals surface area contributed by atoms with Crippen molar-refractivity contribution in [2.24, 2.45) is 0 Å². The SMILES string of the molecule is Nc1ccc(Cl)cc1-c1nnnn1CC(F)F. The van der Waals surface area contributed by atoms with E-state index in [1.807, 2.05) is 0 Å². The summed E-state index contributed by atoms with van der Waals surface area (Å²) in [7, 11) is 0. The fourth-order valence-electron chi connectivity index (χ4n) is 1.37. The number of anilines is 1. The van der Waals surface area contributed by atoms with E-state index in [0.29, 0.717) is 16.3 Å². The van der Waals surface area contributed by atoms with Gasteiger partial charge in [0.15, 0.2) is 5.82 Å². The number of nitrogens with zero attached hydrogens (tertiary/aromatic N) is 4. The molecule has 8 heteroatoms. The van der Waals surface area contributed by atoms with Gasteiger partial charge in [-0.05, 0) is 28.6 Å². The van der Waals surface area contributed by atoms with Gasteiger partial charge in [0.1, 0.15) is 6.54 Å². The molecule has 0 fully saturated rings. The second-order valence-electron chi connectivity index (χ2n) is 3.31. The Morgan fingerprint density at radius 1 is 1.41 bits per heavy atom. The fraction of sp³-hybridized carbons (Fsp3) is 0.222. The second kappa shape index (κ2) is 4.62. The average Bonchev–Trinajstić information content (AvgIpc) is 2.69. The van der Waals surface area contributed by atoms with E-state index in [1.54, 1.807) is 12.1 Å². The Bertz CT molecular complexity index is 528. The van der Waals surface area contributed by atoms with Gasteiger partial charge in [-0.3, -0.25) is 0 Å². The van der Waals surface area contributed by atoms with E-state index in [1.165, 1.54) is 6.07 Å². The van der Waals surface area contributed by atoms with Crippen molar-refractivity contribution in [3.8, 4) is 11.4 Å². The summed E-state index contributed by atoms with van der Waals surface area (Å²) in [5, 5.41) is 10.9. The number of hydrogen-bond donors (Lipinski definition) is 1. The number of alkyl halides is 2. The molecular weight excluding hydrogens is 252 g/mol. The zero-order chi connectivity index (χ0) is 12.4. The monoisotopic (exact) mass is 259 g/mol. The van der Waals surface area contributed by atoms with Crippen LogP contribution in [-0.2, 0) is 6.54 Å². The summed E-state index contributed by atoms with van der Waals surface area (Å²) in [5.41, 5.74) is 6.53. The summed E-state index contributed by atoms with van der Waals surface area (Å²) >= 11 is 5.81. The predicted molar refractivity (Wildman–Crippen MR) is 58.7 cm³/mol. The molecule has 0 saturated carbocycles. The summed E-state index contributed by atoms with van der Waals surface area (Å²) in [6, 6.07) is 4.70. The molecule has 0 aliphatic carbocycles. The molecule has 1 aromatic heterocycles. The number of nitrogens with two attached hydrogens (primary N) is 1. The van der Waals surface area contributed by atoms with Gasteiger partial charge in [-0.1, -0.05) is 11.6 Å². The van der Waals surface area contributed by atoms with E-state index in [-0.39, 0.29) is 5.82 Å². The first-order chi connectivity index (χ1) is 8.08. The maximum Gasteiger partial charge on any atom is 0.258 e. The van der Waals surface area contributed by atoms with Crippen molar-refractivity contribution in [3.05, 3.63) is 23.2 Å². The van der Waals surface area contributed by atoms with Gasteiger partial charge >= 0.3 is 0 Å². The third kappa shape index (κ3) is 2.50. The number of benzene rings is 1. The fourth-order valence-corrected chi connectivity index (χ4v) is 1.55. The molecule has 1 heterocycles. The molecule has 0 bridgehead atoms. The number of aromatic nitrogens is 4. The number of nitrogen functional groups attached to an aromatic ring is 1. The average molecular weight is 260 g/mol. The molecule has 0 aliphatic rings. The largest absolute Gasteiger partial charge is 0.398 e. The van der Waals surface area contributed by atoms with Crippen molar-refractivity contribution in [2.75, 3.05) is 5.73 Å². The Kier molecular flexibility index (Phi) is 3.19. The Balaban J connectivity index is 2.45. The third-order valence-corrected chi connectivity index (χ3v) is 2.33. The van der Waals surface area contributed by atoms with Crippen LogP contribution in [0.25, 0.3) is 11.4 Å². The summed E-state index contributed by atoms with van der Waals surface area (Å²) in [6.07, 6.45) is -2.54. The lowest BCUT2D eigenvalue weighted by Gasteiger charge is -2.06. The number of halogens is 3. The predicted octanol–water partition coefficient (Wildman–Crippen LogP) is 1.84. The topological polar surface area (TPSA) is 69.6 Å². The minimum absolute atomic E-state index is 0.172. The van der Waals surface area contributed by atoms with Crippen molar-refractivity contribution < 1.29 is 8.78 Å². The van der Waals surface area contributed by atoms with Crippen molar-refractivity contribution in [1.29, 1.82) is 0 Å². The van der Waals surface area contributed by atoms with Gasteiger partial charge in [-0.25, -0.2) is 13.5 Å². The van der Waals surface area contributed by atoms with Gasteiger partial charge in [-0.2, -0.15) is 0 Å². The second-order valence-corrected chi connectivity index (χ2v) is 3.74. The first-order valence-electron chi connectivity index (χ1n) is 4.67. The minimum atomic E-state index is -2.54. The summed E-state index contributed by atoms with van der Waals surface area (Å²) in [6.45, 7) is -0.589. The maximum atomic E-state index is 12.3. The number of hydrogen-bond acceptors (Lipinski definition) is 4. The lowest BCUT2D eigenvalue weighted by molar-refractivity contribution is 0.121. The van der Waals surface area contributed by atoms with Gasteiger partial charge in [-0.15, -0.1) is 5.10 Å². The normalized spacial score (nSPS) is 11.1. The van der Waals surface area contributed by atoms with Crippen LogP contribution >= 0.6 is 11.6 Å². The smallest absolute Gasteiger partial charge is 0.258 e. The lowest BCUT2D eigenvalue weighted by atomic mass is 10.1. The highest BCUT2D eigenvalue weighted by Gasteiger charge is 2.15. The third-order valence-electron chi connectivity index (χ3n) is 2.10. The molecule has 2 aromatic rings. The Labute approximate surface area is 100 Å². The van der Waals surface area contributed by atoms with E-state index in [2.05, 4.69) is 15.5 Å². The Morgan fingerprint density at radius 3 is 2.88 bits per heavy atom. The Morgan fingerprint density at radius 2 is 2.18 bits per heavy atom. The zero-order valence-corrected chi connectivity index (χ0v) is 9.27. The highest BCUT2D eigenvalue weighted by Crippen LogP contribution is 2.26. The summed E-state index contributed by atoms with van der Waals surface area (Å²) in [4.78, 5) is 0. The van der Waals surface area contributed by atoms with Crippen LogP contribution in [0.15, 0.2) is 18.2 Å². The number of tetrazole rings is 1. The molecule has 0 atom stereocenters. The van der Waals surface area contributed by atoms with Crippen LogP contribution in [0.5, 0.6) is 0 Å². The van der Waals surface area contributed by atoms with E-state index in [4.69, 9.17) is 17.3 Å². The van der Waals surface area contributed by atoms with Crippen molar-refractivity contribution >= 4 is 17.3 Å². The lowest BCUT2D eigenvalue weighted by Crippen LogP contribution is -2.10. The van der Waals surface area contributed by atoms with Crippen LogP contribution in [0.4, 0.5) is 14.5 Å². The molecule has 2 rings (SSSR count). The number of rotatable bonds is 3. The standard InChI is InChI=1S/C9H8ClF2N5/c10-5-1-2-7(13)6(3-5)9-14-15-16-17(9)4-8(11)12/h1-3,8H,4,13H2. The molecular formula is C9H8ClF2N5. The summed E-state index contributed by atoms with van der Waals surface area (Å²) in [5.74, 6) is 0.172. The molecule has 0 saturated heterocycles. The molecule has 0 spiro atoms. The van der Waals surface area contributed by atoms with Crippen molar-refractivity contribution in [2.45, 2.75) is 13.0 Å². The van der Waals surface area contributed by atoms with Gasteiger partial charge in [0.2, 0.25) is 0 Å². The van der Waals surface area contributed by atoms with Crippen molar-refractivity contribution in [1.82, 2.24) is 20.2 Å². The van der Waals surface area contributed by atoms with E-state index < -0.39 is 13.0 Å². The first kappa shape index (κ1) is 11.7. The highest BCUT2D eigenvalue weighted by molar-refractivity contribution is 6.31. The van der Waals surface area contributed by atoms with E-state index >= 15 is 0 Å². The van der Waals surface area contributed by atoms with Crippen LogP contribution < -0.4 is 5.73 Å². The molecule has 17 heavy (non-hydrogen) atoms. The van der Waals surface area contributed by atoms with Crippen LogP contribution in [-0.4, -0.2) is 26.6 Å². The van der Waals surface area contributed by atoms with Gasteiger partial charge in [0.05, 0.1) is 0 Å². The van der Waals surface area contributed by atoms with Crippen LogP contribution in [0.1, 0.15) is 0 Å². The van der Waals surface area contributed by atoms with Gasteiger partial charge in [0.25, 0.3) is 6.43 Å².